The Morgan fingerprint density at radius 1 is 1.29 bits per heavy atom. The zero-order chi connectivity index (χ0) is 14.8. The maximum atomic E-state index is 13.1. The van der Waals surface area contributed by atoms with Crippen molar-refractivity contribution in [3.8, 4) is 5.75 Å². The molecule has 1 unspecified atom stereocenters. The second-order valence-electron chi connectivity index (χ2n) is 5.08. The lowest BCUT2D eigenvalue weighted by atomic mass is 10.1. The van der Waals surface area contributed by atoms with Crippen molar-refractivity contribution in [3.05, 3.63) is 62.8 Å². The molecule has 0 spiro atoms. The minimum atomic E-state index is -0.388. The average Bonchev–Trinajstić information content (AvgIpc) is 2.84. The fourth-order valence-electron chi connectivity index (χ4n) is 2.43. The molecule has 2 aromatic carbocycles. The lowest BCUT2D eigenvalue weighted by molar-refractivity contribution is 0.227. The van der Waals surface area contributed by atoms with E-state index in [1.807, 2.05) is 12.1 Å². The van der Waals surface area contributed by atoms with Crippen LogP contribution in [0.2, 0.25) is 5.02 Å². The highest BCUT2D eigenvalue weighted by atomic mass is 79.9. The smallest absolute Gasteiger partial charge is 0.141 e. The molecule has 21 heavy (non-hydrogen) atoms. The van der Waals surface area contributed by atoms with Gasteiger partial charge in [0.05, 0.1) is 5.02 Å². The summed E-state index contributed by atoms with van der Waals surface area (Å²) in [5, 5.41) is 3.48. The topological polar surface area (TPSA) is 21.3 Å². The van der Waals surface area contributed by atoms with Crippen molar-refractivity contribution in [3.63, 3.8) is 0 Å². The molecule has 2 nitrogen and oxygen atoms in total. The fourth-order valence-corrected chi connectivity index (χ4v) is 3.04. The number of nitrogens with one attached hydrogen (secondary N) is 1. The lowest BCUT2D eigenvalue weighted by Gasteiger charge is -2.12. The Labute approximate surface area is 136 Å². The Balaban J connectivity index is 1.52. The first kappa shape index (κ1) is 14.8. The maximum absolute atomic E-state index is 13.1. The van der Waals surface area contributed by atoms with E-state index in [2.05, 4.69) is 27.3 Å². The highest BCUT2D eigenvalue weighted by molar-refractivity contribution is 9.10. The number of fused-ring (bicyclic) bond motifs is 1. The summed E-state index contributed by atoms with van der Waals surface area (Å²) in [6.45, 7) is 1.38. The van der Waals surface area contributed by atoms with E-state index < -0.39 is 0 Å². The van der Waals surface area contributed by atoms with Gasteiger partial charge in [0.2, 0.25) is 0 Å². The molecule has 0 aromatic heterocycles. The van der Waals surface area contributed by atoms with Crippen LogP contribution >= 0.6 is 27.5 Å². The van der Waals surface area contributed by atoms with Crippen LogP contribution in [0.25, 0.3) is 0 Å². The van der Waals surface area contributed by atoms with Crippen molar-refractivity contribution in [2.24, 2.45) is 0 Å². The standard InChI is InChI=1S/C16H14BrClFNO/c17-12-2-4-16-11(6-12)7-13(21-16)9-20-8-10-1-3-15(19)14(18)5-10/h1-6,13,20H,7-9H2. The molecule has 1 N–H and O–H groups in total. The van der Waals surface area contributed by atoms with Crippen LogP contribution in [0.15, 0.2) is 40.9 Å². The second-order valence-corrected chi connectivity index (χ2v) is 6.40. The van der Waals surface area contributed by atoms with E-state index in [-0.39, 0.29) is 16.9 Å². The van der Waals surface area contributed by atoms with Crippen molar-refractivity contribution in [2.45, 2.75) is 19.1 Å². The maximum Gasteiger partial charge on any atom is 0.141 e. The van der Waals surface area contributed by atoms with Crippen molar-refractivity contribution in [1.29, 1.82) is 0 Å². The van der Waals surface area contributed by atoms with Gasteiger partial charge in [-0.3, -0.25) is 0 Å². The number of hydrogen-bond donors (Lipinski definition) is 1. The third kappa shape index (κ3) is 3.57. The molecule has 0 amide bonds. The summed E-state index contributed by atoms with van der Waals surface area (Å²) in [6.07, 6.45) is 1.02. The molecule has 1 aliphatic heterocycles. The number of benzene rings is 2. The molecular formula is C16H14BrClFNO. The largest absolute Gasteiger partial charge is 0.488 e. The predicted octanol–water partition coefficient (Wildman–Crippen LogP) is 4.33. The molecule has 1 aliphatic rings. The average molecular weight is 371 g/mol. The Morgan fingerprint density at radius 2 is 2.14 bits per heavy atom. The van der Waals surface area contributed by atoms with E-state index in [1.165, 1.54) is 11.6 Å². The quantitative estimate of drug-likeness (QED) is 0.864. The molecule has 0 aliphatic carbocycles. The van der Waals surface area contributed by atoms with Crippen LogP contribution in [0, 0.1) is 5.82 Å². The van der Waals surface area contributed by atoms with E-state index in [0.29, 0.717) is 6.54 Å². The Morgan fingerprint density at radius 3 is 2.95 bits per heavy atom. The first-order valence-corrected chi connectivity index (χ1v) is 7.88. The van der Waals surface area contributed by atoms with Gasteiger partial charge in [0.15, 0.2) is 0 Å². The number of rotatable bonds is 4. The summed E-state index contributed by atoms with van der Waals surface area (Å²) in [5.74, 6) is 0.565. The van der Waals surface area contributed by atoms with E-state index >= 15 is 0 Å². The van der Waals surface area contributed by atoms with Crippen molar-refractivity contribution in [2.75, 3.05) is 6.54 Å². The summed E-state index contributed by atoms with van der Waals surface area (Å²) in [7, 11) is 0. The summed E-state index contributed by atoms with van der Waals surface area (Å²) < 4.78 is 20.0. The molecule has 0 bridgehead atoms. The van der Waals surface area contributed by atoms with Crippen LogP contribution in [0.3, 0.4) is 0 Å². The highest BCUT2D eigenvalue weighted by Crippen LogP contribution is 2.30. The first-order valence-electron chi connectivity index (χ1n) is 6.71. The van der Waals surface area contributed by atoms with Gasteiger partial charge in [-0.05, 0) is 41.5 Å². The highest BCUT2D eigenvalue weighted by Gasteiger charge is 2.22. The molecule has 110 valence electrons. The Hall–Kier alpha value is -1.10. The Kier molecular flexibility index (Phi) is 4.48. The molecular weight excluding hydrogens is 357 g/mol. The van der Waals surface area contributed by atoms with Crippen molar-refractivity contribution < 1.29 is 9.13 Å². The minimum Gasteiger partial charge on any atom is -0.488 e. The normalized spacial score (nSPS) is 16.6. The third-order valence-corrected chi connectivity index (χ3v) is 4.23. The van der Waals surface area contributed by atoms with Gasteiger partial charge in [-0.2, -0.15) is 0 Å². The minimum absolute atomic E-state index is 0.130. The molecule has 0 fully saturated rings. The van der Waals surface area contributed by atoms with Crippen LogP contribution in [0.5, 0.6) is 5.75 Å². The van der Waals surface area contributed by atoms with Crippen molar-refractivity contribution >= 4 is 27.5 Å². The molecule has 2 aromatic rings. The van der Waals surface area contributed by atoms with Crippen LogP contribution in [-0.4, -0.2) is 12.6 Å². The van der Waals surface area contributed by atoms with Gasteiger partial charge in [-0.1, -0.05) is 33.6 Å². The summed E-state index contributed by atoms with van der Waals surface area (Å²) in [5.41, 5.74) is 2.18. The monoisotopic (exact) mass is 369 g/mol. The van der Waals surface area contributed by atoms with E-state index in [0.717, 1.165) is 28.8 Å². The van der Waals surface area contributed by atoms with Crippen LogP contribution in [0.1, 0.15) is 11.1 Å². The molecule has 5 heteroatoms. The summed E-state index contributed by atoms with van der Waals surface area (Å²) in [6, 6.07) is 10.8. The zero-order valence-corrected chi connectivity index (χ0v) is 13.5. The predicted molar refractivity (Wildman–Crippen MR) is 85.4 cm³/mol. The van der Waals surface area contributed by atoms with E-state index in [4.69, 9.17) is 16.3 Å². The van der Waals surface area contributed by atoms with Gasteiger partial charge in [-0.15, -0.1) is 0 Å². The molecule has 0 radical (unpaired) electrons. The van der Waals surface area contributed by atoms with Crippen LogP contribution in [-0.2, 0) is 13.0 Å². The lowest BCUT2D eigenvalue weighted by Crippen LogP contribution is -2.29. The van der Waals surface area contributed by atoms with Gasteiger partial charge in [0.25, 0.3) is 0 Å². The summed E-state index contributed by atoms with van der Waals surface area (Å²) >= 11 is 9.23. The molecule has 0 saturated heterocycles. The second kappa shape index (κ2) is 6.34. The molecule has 3 rings (SSSR count). The van der Waals surface area contributed by atoms with Gasteiger partial charge in [0.1, 0.15) is 17.7 Å². The SMILES string of the molecule is Fc1ccc(CNCC2Cc3cc(Br)ccc3O2)cc1Cl. The van der Waals surface area contributed by atoms with E-state index in [9.17, 15) is 4.39 Å². The van der Waals surface area contributed by atoms with Crippen LogP contribution < -0.4 is 10.1 Å². The molecule has 1 heterocycles. The van der Waals surface area contributed by atoms with Gasteiger partial charge in [-0.25, -0.2) is 4.39 Å². The van der Waals surface area contributed by atoms with Gasteiger partial charge < -0.3 is 10.1 Å². The van der Waals surface area contributed by atoms with Gasteiger partial charge in [0, 0.05) is 24.0 Å². The molecule has 0 saturated carbocycles. The Bertz CT molecular complexity index is 665. The summed E-state index contributed by atoms with van der Waals surface area (Å²) in [4.78, 5) is 0. The van der Waals surface area contributed by atoms with Crippen molar-refractivity contribution in [1.82, 2.24) is 5.32 Å². The fraction of sp³-hybridized carbons (Fsp3) is 0.250. The first-order chi connectivity index (χ1) is 10.1. The number of hydrogen-bond acceptors (Lipinski definition) is 2. The number of ether oxygens (including phenoxy) is 1. The van der Waals surface area contributed by atoms with Gasteiger partial charge >= 0.3 is 0 Å². The third-order valence-electron chi connectivity index (χ3n) is 3.45. The van der Waals surface area contributed by atoms with E-state index in [1.54, 1.807) is 12.1 Å². The molecule has 1 atom stereocenters. The number of halogens is 3. The zero-order valence-electron chi connectivity index (χ0n) is 11.2. The van der Waals surface area contributed by atoms with Crippen LogP contribution in [0.4, 0.5) is 4.39 Å².